The van der Waals surface area contributed by atoms with Gasteiger partial charge in [-0.3, -0.25) is 4.79 Å². The van der Waals surface area contributed by atoms with Crippen LogP contribution in [-0.4, -0.2) is 23.2 Å². The molecule has 2 heterocycles. The van der Waals surface area contributed by atoms with Gasteiger partial charge in [0.2, 0.25) is 0 Å². The number of amides is 1. The minimum atomic E-state index is -0.578. The number of hydrogen-bond acceptors (Lipinski definition) is 3. The number of nitrogens with one attached hydrogen (secondary N) is 1. The second-order valence-corrected chi connectivity index (χ2v) is 8.19. The third kappa shape index (κ3) is 4.78. The van der Waals surface area contributed by atoms with Crippen molar-refractivity contribution in [2.75, 3.05) is 6.61 Å². The Kier molecular flexibility index (Phi) is 6.24. The lowest BCUT2D eigenvalue weighted by atomic mass is 9.94. The minimum Gasteiger partial charge on any atom is -0.376 e. The molecular formula is C24H29N3O2. The maximum absolute atomic E-state index is 12.8. The van der Waals surface area contributed by atoms with Crippen molar-refractivity contribution in [3.63, 3.8) is 0 Å². The lowest BCUT2D eigenvalue weighted by Crippen LogP contribution is -2.41. The zero-order valence-electron chi connectivity index (χ0n) is 17.7. The van der Waals surface area contributed by atoms with Crippen LogP contribution in [0.2, 0.25) is 0 Å². The Morgan fingerprint density at radius 1 is 1.34 bits per heavy atom. The van der Waals surface area contributed by atoms with E-state index in [-0.39, 0.29) is 17.6 Å². The van der Waals surface area contributed by atoms with Gasteiger partial charge in [-0.1, -0.05) is 30.3 Å². The molecule has 0 bridgehead atoms. The van der Waals surface area contributed by atoms with Crippen molar-refractivity contribution in [3.05, 3.63) is 64.5 Å². The summed E-state index contributed by atoms with van der Waals surface area (Å²) in [6.07, 6.45) is 4.10. The van der Waals surface area contributed by atoms with Gasteiger partial charge in [-0.25, -0.2) is 0 Å². The standard InChI is InChI=1S/C24H29N3O2/c1-17-13-19(18(2)27(17)16-22-11-8-12-29-22)14-20(15-25)23(28)26-24(3,4)21-9-6-5-7-10-21/h5-7,9-10,13-14,22H,8,11-12,16H2,1-4H3,(H,26,28)/b20-14+. The number of aryl methyl sites for hydroxylation is 1. The third-order valence-corrected chi connectivity index (χ3v) is 5.61. The zero-order valence-corrected chi connectivity index (χ0v) is 17.7. The number of carbonyl (C=O) groups excluding carboxylic acids is 1. The van der Waals surface area contributed by atoms with Gasteiger partial charge >= 0.3 is 0 Å². The van der Waals surface area contributed by atoms with E-state index >= 15 is 0 Å². The first kappa shape index (κ1) is 20.9. The lowest BCUT2D eigenvalue weighted by Gasteiger charge is -2.26. The Hall–Kier alpha value is -2.84. The normalized spacial score (nSPS) is 17.2. The topological polar surface area (TPSA) is 67.0 Å². The van der Waals surface area contributed by atoms with E-state index in [1.54, 1.807) is 6.08 Å². The lowest BCUT2D eigenvalue weighted by molar-refractivity contribution is -0.118. The molecule has 1 amide bonds. The molecule has 0 spiro atoms. The first-order chi connectivity index (χ1) is 13.8. The van der Waals surface area contributed by atoms with Gasteiger partial charge in [0.05, 0.1) is 11.6 Å². The Balaban J connectivity index is 1.80. The molecule has 1 aliphatic rings. The third-order valence-electron chi connectivity index (χ3n) is 5.61. The van der Waals surface area contributed by atoms with Gasteiger partial charge in [0.15, 0.2) is 0 Å². The van der Waals surface area contributed by atoms with Gasteiger partial charge in [0, 0.05) is 24.5 Å². The van der Waals surface area contributed by atoms with E-state index in [1.807, 2.05) is 64.1 Å². The molecule has 0 saturated carbocycles. The fourth-order valence-electron chi connectivity index (χ4n) is 3.83. The summed E-state index contributed by atoms with van der Waals surface area (Å²) in [5, 5.41) is 12.6. The molecule has 1 unspecified atom stereocenters. The monoisotopic (exact) mass is 391 g/mol. The van der Waals surface area contributed by atoms with Crippen LogP contribution in [0, 0.1) is 25.2 Å². The van der Waals surface area contributed by atoms with Crippen LogP contribution < -0.4 is 5.32 Å². The van der Waals surface area contributed by atoms with Crippen LogP contribution in [0.15, 0.2) is 42.0 Å². The summed E-state index contributed by atoms with van der Waals surface area (Å²) in [6, 6.07) is 13.8. The van der Waals surface area contributed by atoms with Crippen LogP contribution in [0.25, 0.3) is 6.08 Å². The molecule has 1 atom stereocenters. The van der Waals surface area contributed by atoms with E-state index < -0.39 is 5.54 Å². The molecule has 1 N–H and O–H groups in total. The fraction of sp³-hybridized carbons (Fsp3) is 0.417. The number of aromatic nitrogens is 1. The summed E-state index contributed by atoms with van der Waals surface area (Å²) < 4.78 is 7.97. The van der Waals surface area contributed by atoms with E-state index in [2.05, 4.69) is 16.0 Å². The second kappa shape index (κ2) is 8.67. The summed E-state index contributed by atoms with van der Waals surface area (Å²) in [5.74, 6) is -0.370. The molecule has 1 aromatic carbocycles. The Morgan fingerprint density at radius 3 is 2.69 bits per heavy atom. The van der Waals surface area contributed by atoms with Crippen LogP contribution in [0.4, 0.5) is 0 Å². The number of rotatable bonds is 6. The number of carbonyl (C=O) groups is 1. The number of nitrogens with zero attached hydrogens (tertiary/aromatic N) is 2. The highest BCUT2D eigenvalue weighted by Crippen LogP contribution is 2.23. The molecule has 152 valence electrons. The molecule has 1 aliphatic heterocycles. The summed E-state index contributed by atoms with van der Waals surface area (Å²) in [7, 11) is 0. The van der Waals surface area contributed by atoms with Crippen molar-refractivity contribution in [2.24, 2.45) is 0 Å². The largest absolute Gasteiger partial charge is 0.376 e. The zero-order chi connectivity index (χ0) is 21.0. The molecule has 1 aromatic heterocycles. The molecular weight excluding hydrogens is 362 g/mol. The molecule has 0 radical (unpaired) electrons. The van der Waals surface area contributed by atoms with E-state index in [9.17, 15) is 10.1 Å². The fourth-order valence-corrected chi connectivity index (χ4v) is 3.83. The van der Waals surface area contributed by atoms with Crippen LogP contribution >= 0.6 is 0 Å². The highest BCUT2D eigenvalue weighted by molar-refractivity contribution is 6.02. The predicted octanol–water partition coefficient (Wildman–Crippen LogP) is 4.24. The predicted molar refractivity (Wildman–Crippen MR) is 114 cm³/mol. The number of hydrogen-bond donors (Lipinski definition) is 1. The average Bonchev–Trinajstić information content (AvgIpc) is 3.30. The molecule has 3 rings (SSSR count). The molecule has 29 heavy (non-hydrogen) atoms. The average molecular weight is 392 g/mol. The summed E-state index contributed by atoms with van der Waals surface area (Å²) in [5.41, 5.74) is 3.55. The van der Waals surface area contributed by atoms with E-state index in [0.717, 1.165) is 48.5 Å². The quantitative estimate of drug-likeness (QED) is 0.591. The van der Waals surface area contributed by atoms with Crippen LogP contribution in [0.1, 0.15) is 49.2 Å². The smallest absolute Gasteiger partial charge is 0.262 e. The second-order valence-electron chi connectivity index (χ2n) is 8.19. The maximum atomic E-state index is 12.8. The molecule has 1 saturated heterocycles. The minimum absolute atomic E-state index is 0.103. The Bertz CT molecular complexity index is 942. The number of nitriles is 1. The van der Waals surface area contributed by atoms with Crippen molar-refractivity contribution in [2.45, 2.75) is 58.7 Å². The van der Waals surface area contributed by atoms with E-state index in [4.69, 9.17) is 4.74 Å². The van der Waals surface area contributed by atoms with Gasteiger partial charge in [0.1, 0.15) is 11.6 Å². The van der Waals surface area contributed by atoms with Gasteiger partial charge in [-0.15, -0.1) is 0 Å². The van der Waals surface area contributed by atoms with Crippen LogP contribution in [0.5, 0.6) is 0 Å². The molecule has 0 aliphatic carbocycles. The SMILES string of the molecule is Cc1cc(/C=C(\C#N)C(=O)NC(C)(C)c2ccccc2)c(C)n1CC1CCCO1. The molecule has 5 nitrogen and oxygen atoms in total. The van der Waals surface area contributed by atoms with E-state index in [1.165, 1.54) is 0 Å². The van der Waals surface area contributed by atoms with Gasteiger partial charge in [-0.05, 0) is 63.8 Å². The van der Waals surface area contributed by atoms with E-state index in [0.29, 0.717) is 0 Å². The number of benzene rings is 1. The summed E-state index contributed by atoms with van der Waals surface area (Å²) >= 11 is 0. The summed E-state index contributed by atoms with van der Waals surface area (Å²) in [6.45, 7) is 9.57. The van der Waals surface area contributed by atoms with Gasteiger partial charge < -0.3 is 14.6 Å². The first-order valence-electron chi connectivity index (χ1n) is 10.1. The van der Waals surface area contributed by atoms with Gasteiger partial charge in [0.25, 0.3) is 5.91 Å². The highest BCUT2D eigenvalue weighted by Gasteiger charge is 2.25. The van der Waals surface area contributed by atoms with Gasteiger partial charge in [-0.2, -0.15) is 5.26 Å². The van der Waals surface area contributed by atoms with Crippen molar-refractivity contribution in [1.29, 1.82) is 5.26 Å². The Morgan fingerprint density at radius 2 is 2.07 bits per heavy atom. The maximum Gasteiger partial charge on any atom is 0.262 e. The van der Waals surface area contributed by atoms with Crippen LogP contribution in [-0.2, 0) is 21.6 Å². The van der Waals surface area contributed by atoms with Crippen molar-refractivity contribution < 1.29 is 9.53 Å². The van der Waals surface area contributed by atoms with Crippen molar-refractivity contribution >= 4 is 12.0 Å². The van der Waals surface area contributed by atoms with Crippen LogP contribution in [0.3, 0.4) is 0 Å². The van der Waals surface area contributed by atoms with Crippen molar-refractivity contribution in [1.82, 2.24) is 9.88 Å². The number of ether oxygens (including phenoxy) is 1. The molecule has 1 fully saturated rings. The molecule has 5 heteroatoms. The van der Waals surface area contributed by atoms with Crippen molar-refractivity contribution in [3.8, 4) is 6.07 Å². The highest BCUT2D eigenvalue weighted by atomic mass is 16.5. The Labute approximate surface area is 173 Å². The first-order valence-corrected chi connectivity index (χ1v) is 10.1. The molecule has 2 aromatic rings. The summed E-state index contributed by atoms with van der Waals surface area (Å²) in [4.78, 5) is 12.8.